The molecule has 0 radical (unpaired) electrons. The first-order chi connectivity index (χ1) is 16.0. The number of hydrogen-bond acceptors (Lipinski definition) is 5. The molecule has 2 heterocycles. The third kappa shape index (κ3) is 6.43. The van der Waals surface area contributed by atoms with E-state index >= 15 is 0 Å². The summed E-state index contributed by atoms with van der Waals surface area (Å²) in [6.45, 7) is 10.4. The molecule has 2 aliphatic rings. The van der Waals surface area contributed by atoms with Crippen LogP contribution in [0, 0.1) is 11.8 Å². The molecule has 2 aromatic rings. The second-order valence-electron chi connectivity index (χ2n) is 9.96. The highest BCUT2D eigenvalue weighted by atomic mass is 16.7. The Hall–Kier alpha value is -1.76. The molecule has 0 spiro atoms. The first kappa shape index (κ1) is 24.4. The van der Waals surface area contributed by atoms with Crippen molar-refractivity contribution in [1.82, 2.24) is 0 Å². The molecule has 0 aromatic heterocycles. The van der Waals surface area contributed by atoms with E-state index in [1.165, 1.54) is 5.56 Å². The standard InChI is InChI=1S/C28H38O5/c1-19(2)16-29-25-23(15-21-11-7-5-8-12-21)32-24-18-31-28(22-13-9-6-10-14-22)33-26(24)27(25)30-17-20(3)4/h5-14,19-20,23-28H,15-18H2,1-4H3/t23-,24+,25-,26+,27+,28+/m0/s1. The number of hydrogen-bond donors (Lipinski definition) is 0. The fourth-order valence-corrected chi connectivity index (χ4v) is 4.45. The van der Waals surface area contributed by atoms with E-state index in [4.69, 9.17) is 23.7 Å². The summed E-state index contributed by atoms with van der Waals surface area (Å²) in [5, 5.41) is 0. The molecular formula is C28H38O5. The zero-order valence-electron chi connectivity index (χ0n) is 20.3. The molecule has 0 bridgehead atoms. The van der Waals surface area contributed by atoms with Gasteiger partial charge in [-0.05, 0) is 17.4 Å². The summed E-state index contributed by atoms with van der Waals surface area (Å²) in [6, 6.07) is 20.5. The summed E-state index contributed by atoms with van der Waals surface area (Å²) >= 11 is 0. The highest BCUT2D eigenvalue weighted by molar-refractivity contribution is 5.18. The molecular weight excluding hydrogens is 416 g/mol. The molecule has 2 aliphatic heterocycles. The van der Waals surface area contributed by atoms with E-state index in [2.05, 4.69) is 52.0 Å². The summed E-state index contributed by atoms with van der Waals surface area (Å²) < 4.78 is 32.2. The zero-order chi connectivity index (χ0) is 23.2. The zero-order valence-corrected chi connectivity index (χ0v) is 20.3. The number of ether oxygens (including phenoxy) is 5. The second kappa shape index (κ2) is 11.6. The average Bonchev–Trinajstić information content (AvgIpc) is 2.82. The Bertz CT molecular complexity index is 825. The van der Waals surface area contributed by atoms with Crippen LogP contribution in [0.5, 0.6) is 0 Å². The normalized spacial score (nSPS) is 29.9. The van der Waals surface area contributed by atoms with Gasteiger partial charge in [-0.15, -0.1) is 0 Å². The molecule has 4 rings (SSSR count). The Balaban J connectivity index is 1.59. The van der Waals surface area contributed by atoms with Crippen molar-refractivity contribution in [1.29, 1.82) is 0 Å². The second-order valence-corrected chi connectivity index (χ2v) is 9.96. The topological polar surface area (TPSA) is 46.2 Å². The van der Waals surface area contributed by atoms with E-state index in [1.54, 1.807) is 0 Å². The van der Waals surface area contributed by atoms with Crippen LogP contribution >= 0.6 is 0 Å². The molecule has 5 nitrogen and oxygen atoms in total. The largest absolute Gasteiger partial charge is 0.372 e. The van der Waals surface area contributed by atoms with Gasteiger partial charge >= 0.3 is 0 Å². The van der Waals surface area contributed by atoms with Crippen molar-refractivity contribution >= 4 is 0 Å². The minimum absolute atomic E-state index is 0.134. The predicted molar refractivity (Wildman–Crippen MR) is 128 cm³/mol. The lowest BCUT2D eigenvalue weighted by molar-refractivity contribution is -0.338. The summed E-state index contributed by atoms with van der Waals surface area (Å²) in [5.41, 5.74) is 2.23. The third-order valence-corrected chi connectivity index (χ3v) is 6.02. The SMILES string of the molecule is CC(C)CO[C@@H]1[C@@H](OCC(C)C)[C@H](Cc2ccccc2)O[C@@H]2CO[C@@H](c3ccccc3)O[C@@H]12. The molecule has 0 unspecified atom stereocenters. The molecule has 5 heteroatoms. The molecule has 0 saturated carbocycles. The van der Waals surface area contributed by atoms with Gasteiger partial charge in [0.2, 0.25) is 0 Å². The monoisotopic (exact) mass is 454 g/mol. The van der Waals surface area contributed by atoms with Crippen LogP contribution in [0.1, 0.15) is 45.1 Å². The Morgan fingerprint density at radius 2 is 1.39 bits per heavy atom. The van der Waals surface area contributed by atoms with Gasteiger partial charge in [0.1, 0.15) is 24.4 Å². The fourth-order valence-electron chi connectivity index (χ4n) is 4.45. The van der Waals surface area contributed by atoms with E-state index in [0.29, 0.717) is 31.7 Å². The number of benzene rings is 2. The van der Waals surface area contributed by atoms with E-state index in [-0.39, 0.29) is 30.5 Å². The maximum atomic E-state index is 6.61. The molecule has 2 saturated heterocycles. The van der Waals surface area contributed by atoms with Crippen molar-refractivity contribution in [3.05, 3.63) is 71.8 Å². The quantitative estimate of drug-likeness (QED) is 0.522. The van der Waals surface area contributed by atoms with Crippen LogP contribution in [0.4, 0.5) is 0 Å². The Labute approximate surface area is 198 Å². The Morgan fingerprint density at radius 1 is 0.788 bits per heavy atom. The number of fused-ring (bicyclic) bond motifs is 1. The van der Waals surface area contributed by atoms with Crippen molar-refractivity contribution in [2.24, 2.45) is 11.8 Å². The molecule has 0 aliphatic carbocycles. The third-order valence-electron chi connectivity index (χ3n) is 6.02. The maximum absolute atomic E-state index is 6.61. The van der Waals surface area contributed by atoms with Gasteiger partial charge in [-0.2, -0.15) is 0 Å². The van der Waals surface area contributed by atoms with Crippen LogP contribution in [-0.2, 0) is 30.1 Å². The van der Waals surface area contributed by atoms with Crippen LogP contribution in [0.25, 0.3) is 0 Å². The first-order valence-electron chi connectivity index (χ1n) is 12.3. The molecule has 180 valence electrons. The average molecular weight is 455 g/mol. The van der Waals surface area contributed by atoms with Crippen molar-refractivity contribution in [3.8, 4) is 0 Å². The van der Waals surface area contributed by atoms with Crippen LogP contribution in [-0.4, -0.2) is 50.3 Å². The van der Waals surface area contributed by atoms with Gasteiger partial charge in [-0.1, -0.05) is 88.4 Å². The minimum Gasteiger partial charge on any atom is -0.372 e. The van der Waals surface area contributed by atoms with Gasteiger partial charge in [-0.25, -0.2) is 0 Å². The molecule has 0 amide bonds. The van der Waals surface area contributed by atoms with E-state index < -0.39 is 6.29 Å². The molecule has 0 N–H and O–H groups in total. The summed E-state index contributed by atoms with van der Waals surface area (Å²) in [6.07, 6.45) is -0.712. The van der Waals surface area contributed by atoms with Gasteiger partial charge in [-0.3, -0.25) is 0 Å². The molecule has 2 fully saturated rings. The van der Waals surface area contributed by atoms with Crippen molar-refractivity contribution in [3.63, 3.8) is 0 Å². The van der Waals surface area contributed by atoms with Crippen LogP contribution < -0.4 is 0 Å². The maximum Gasteiger partial charge on any atom is 0.184 e. The Kier molecular flexibility index (Phi) is 8.55. The Morgan fingerprint density at radius 3 is 2.03 bits per heavy atom. The lowest BCUT2D eigenvalue weighted by Gasteiger charge is -2.49. The van der Waals surface area contributed by atoms with Gasteiger partial charge < -0.3 is 23.7 Å². The van der Waals surface area contributed by atoms with Crippen molar-refractivity contribution < 1.29 is 23.7 Å². The summed E-state index contributed by atoms with van der Waals surface area (Å²) in [4.78, 5) is 0. The van der Waals surface area contributed by atoms with E-state index in [0.717, 1.165) is 12.0 Å². The van der Waals surface area contributed by atoms with Gasteiger partial charge in [0, 0.05) is 25.2 Å². The first-order valence-corrected chi connectivity index (χ1v) is 12.3. The number of rotatable bonds is 9. The van der Waals surface area contributed by atoms with Crippen LogP contribution in [0.2, 0.25) is 0 Å². The van der Waals surface area contributed by atoms with Crippen molar-refractivity contribution in [2.45, 2.75) is 70.9 Å². The molecule has 2 aromatic carbocycles. The summed E-state index contributed by atoms with van der Waals surface area (Å²) in [7, 11) is 0. The predicted octanol–water partition coefficient (Wildman–Crippen LogP) is 5.19. The highest BCUT2D eigenvalue weighted by Gasteiger charge is 2.51. The minimum atomic E-state index is -0.433. The van der Waals surface area contributed by atoms with Crippen LogP contribution in [0.15, 0.2) is 60.7 Å². The van der Waals surface area contributed by atoms with Crippen LogP contribution in [0.3, 0.4) is 0 Å². The lowest BCUT2D eigenvalue weighted by atomic mass is 9.90. The lowest BCUT2D eigenvalue weighted by Crippen LogP contribution is -2.63. The van der Waals surface area contributed by atoms with Gasteiger partial charge in [0.25, 0.3) is 0 Å². The van der Waals surface area contributed by atoms with Gasteiger partial charge in [0.05, 0.1) is 12.7 Å². The van der Waals surface area contributed by atoms with E-state index in [1.807, 2.05) is 36.4 Å². The van der Waals surface area contributed by atoms with E-state index in [9.17, 15) is 0 Å². The fraction of sp³-hybridized carbons (Fsp3) is 0.571. The smallest absolute Gasteiger partial charge is 0.184 e. The summed E-state index contributed by atoms with van der Waals surface area (Å²) in [5.74, 6) is 0.827. The van der Waals surface area contributed by atoms with Gasteiger partial charge in [0.15, 0.2) is 6.29 Å². The van der Waals surface area contributed by atoms with Crippen molar-refractivity contribution in [2.75, 3.05) is 19.8 Å². The molecule has 6 atom stereocenters. The highest BCUT2D eigenvalue weighted by Crippen LogP contribution is 2.37. The molecule has 33 heavy (non-hydrogen) atoms.